The summed E-state index contributed by atoms with van der Waals surface area (Å²) >= 11 is 0. The van der Waals surface area contributed by atoms with Crippen LogP contribution in [0, 0.1) is 11.6 Å². The first kappa shape index (κ1) is 18.8. The third-order valence-corrected chi connectivity index (χ3v) is 5.82. The van der Waals surface area contributed by atoms with E-state index in [-0.39, 0.29) is 18.5 Å². The highest BCUT2D eigenvalue weighted by Gasteiger charge is 2.49. The smallest absolute Gasteiger partial charge is 0.317 e. The van der Waals surface area contributed by atoms with Crippen LogP contribution >= 0.6 is 0 Å². The average Bonchev–Trinajstić information content (AvgIpc) is 2.55. The molecule has 1 heterocycles. The minimum atomic E-state index is -0.877. The number of carboxylic acid groups (broad SMARTS) is 1. The summed E-state index contributed by atoms with van der Waals surface area (Å²) in [6, 6.07) is 3.57. The molecule has 7 heteroatoms. The molecule has 1 saturated heterocycles. The van der Waals surface area contributed by atoms with Crippen LogP contribution in [0.4, 0.5) is 8.78 Å². The Labute approximate surface area is 151 Å². The molecule has 0 aromatic heterocycles. The zero-order valence-electron chi connectivity index (χ0n) is 14.9. The van der Waals surface area contributed by atoms with Gasteiger partial charge in [-0.2, -0.15) is 0 Å². The van der Waals surface area contributed by atoms with E-state index in [0.717, 1.165) is 12.5 Å². The molecule has 1 aromatic carbocycles. The number of aliphatic carboxylic acids is 1. The van der Waals surface area contributed by atoms with Crippen molar-refractivity contribution in [3.63, 3.8) is 0 Å². The van der Waals surface area contributed by atoms with E-state index in [1.165, 1.54) is 12.1 Å². The highest BCUT2D eigenvalue weighted by molar-refractivity contribution is 5.89. The van der Waals surface area contributed by atoms with Gasteiger partial charge < -0.3 is 10.0 Å². The van der Waals surface area contributed by atoms with Crippen molar-refractivity contribution < 1.29 is 23.5 Å². The lowest BCUT2D eigenvalue weighted by atomic mass is 9.63. The number of hydrogen-bond acceptors (Lipinski definition) is 3. The number of carbonyl (C=O) groups is 2. The maximum absolute atomic E-state index is 14.3. The van der Waals surface area contributed by atoms with Crippen LogP contribution < -0.4 is 0 Å². The maximum Gasteiger partial charge on any atom is 0.317 e. The van der Waals surface area contributed by atoms with E-state index >= 15 is 0 Å². The Bertz CT molecular complexity index is 698. The van der Waals surface area contributed by atoms with Gasteiger partial charge in [0.25, 0.3) is 0 Å². The average molecular weight is 366 g/mol. The number of amides is 1. The molecule has 1 amide bonds. The summed E-state index contributed by atoms with van der Waals surface area (Å²) in [5.74, 6) is -2.26. The number of halogens is 2. The highest BCUT2D eigenvalue weighted by Crippen LogP contribution is 2.46. The van der Waals surface area contributed by atoms with E-state index in [0.29, 0.717) is 44.3 Å². The Hall–Kier alpha value is -2.02. The minimum absolute atomic E-state index is 0.0245. The number of carboxylic acids is 1. The van der Waals surface area contributed by atoms with Gasteiger partial charge in [-0.25, -0.2) is 8.78 Å². The largest absolute Gasteiger partial charge is 0.480 e. The number of benzene rings is 1. The lowest BCUT2D eigenvalue weighted by molar-refractivity contribution is -0.144. The second-order valence-electron chi connectivity index (χ2n) is 7.39. The molecular formula is C19H24F2N2O3. The van der Waals surface area contributed by atoms with E-state index in [4.69, 9.17) is 5.11 Å². The van der Waals surface area contributed by atoms with Crippen molar-refractivity contribution in [2.45, 2.75) is 43.6 Å². The summed E-state index contributed by atoms with van der Waals surface area (Å²) in [7, 11) is 1.78. The Balaban J connectivity index is 1.70. The molecule has 0 atom stereocenters. The number of likely N-dealkylation sites (tertiary alicyclic amines) is 1. The van der Waals surface area contributed by atoms with Gasteiger partial charge >= 0.3 is 5.97 Å². The normalized spacial score (nSPS) is 20.1. The standard InChI is InChI=1S/C19H24F2N2O3/c1-22(12-17(24)25)14-5-9-23(10-6-14)18(26)19(7-2-8-19)15-4-3-13(20)11-16(15)21/h3-4,11,14H,2,5-10,12H2,1H3,(H,24,25). The Morgan fingerprint density at radius 1 is 1.27 bits per heavy atom. The van der Waals surface area contributed by atoms with Gasteiger partial charge in [0.15, 0.2) is 0 Å². The fraction of sp³-hybridized carbons (Fsp3) is 0.579. The number of nitrogens with zero attached hydrogens (tertiary/aromatic N) is 2. The second kappa shape index (κ2) is 7.31. The van der Waals surface area contributed by atoms with Gasteiger partial charge in [0, 0.05) is 30.8 Å². The number of piperidine rings is 1. The van der Waals surface area contributed by atoms with Crippen LogP contribution in [0.1, 0.15) is 37.7 Å². The highest BCUT2D eigenvalue weighted by atomic mass is 19.1. The van der Waals surface area contributed by atoms with E-state index in [1.54, 1.807) is 16.8 Å². The zero-order chi connectivity index (χ0) is 18.9. The topological polar surface area (TPSA) is 60.9 Å². The van der Waals surface area contributed by atoms with E-state index < -0.39 is 23.0 Å². The Morgan fingerprint density at radius 3 is 2.42 bits per heavy atom. The summed E-state index contributed by atoms with van der Waals surface area (Å²) in [5.41, 5.74) is -0.585. The molecule has 0 unspecified atom stereocenters. The van der Waals surface area contributed by atoms with Crippen molar-refractivity contribution in [2.24, 2.45) is 0 Å². The molecular weight excluding hydrogens is 342 g/mol. The van der Waals surface area contributed by atoms with Crippen LogP contribution in [0.2, 0.25) is 0 Å². The van der Waals surface area contributed by atoms with Crippen LogP contribution in [-0.4, -0.2) is 59.5 Å². The van der Waals surface area contributed by atoms with Gasteiger partial charge in [-0.15, -0.1) is 0 Å². The van der Waals surface area contributed by atoms with Gasteiger partial charge in [0.2, 0.25) is 5.91 Å². The first-order valence-corrected chi connectivity index (χ1v) is 9.00. The molecule has 5 nitrogen and oxygen atoms in total. The predicted molar refractivity (Wildman–Crippen MR) is 91.8 cm³/mol. The van der Waals surface area contributed by atoms with Gasteiger partial charge in [-0.1, -0.05) is 12.5 Å². The third-order valence-electron chi connectivity index (χ3n) is 5.82. The van der Waals surface area contributed by atoms with Crippen LogP contribution in [0.25, 0.3) is 0 Å². The first-order valence-electron chi connectivity index (χ1n) is 9.00. The fourth-order valence-electron chi connectivity index (χ4n) is 4.16. The quantitative estimate of drug-likeness (QED) is 0.869. The number of likely N-dealkylation sites (N-methyl/N-ethyl adjacent to an activating group) is 1. The molecule has 1 aromatic rings. The molecule has 1 aliphatic carbocycles. The summed E-state index contributed by atoms with van der Waals surface area (Å²) in [4.78, 5) is 27.6. The van der Waals surface area contributed by atoms with Gasteiger partial charge in [0.05, 0.1) is 12.0 Å². The monoisotopic (exact) mass is 366 g/mol. The molecule has 0 radical (unpaired) electrons. The molecule has 1 saturated carbocycles. The van der Waals surface area contributed by atoms with Crippen molar-refractivity contribution in [2.75, 3.05) is 26.7 Å². The maximum atomic E-state index is 14.3. The second-order valence-corrected chi connectivity index (χ2v) is 7.39. The van der Waals surface area contributed by atoms with Crippen LogP contribution in [0.3, 0.4) is 0 Å². The van der Waals surface area contributed by atoms with Gasteiger partial charge in [0.1, 0.15) is 11.6 Å². The molecule has 142 valence electrons. The van der Waals surface area contributed by atoms with E-state index in [2.05, 4.69) is 0 Å². The first-order chi connectivity index (χ1) is 12.3. The molecule has 26 heavy (non-hydrogen) atoms. The summed E-state index contributed by atoms with van der Waals surface area (Å²) in [6.07, 6.45) is 3.38. The Kier molecular flexibility index (Phi) is 5.27. The van der Waals surface area contributed by atoms with Crippen LogP contribution in [-0.2, 0) is 15.0 Å². The van der Waals surface area contributed by atoms with Crippen molar-refractivity contribution in [3.05, 3.63) is 35.4 Å². The van der Waals surface area contributed by atoms with Crippen molar-refractivity contribution in [3.8, 4) is 0 Å². The van der Waals surface area contributed by atoms with Crippen LogP contribution in [0.15, 0.2) is 18.2 Å². The predicted octanol–water partition coefficient (Wildman–Crippen LogP) is 2.39. The lowest BCUT2D eigenvalue weighted by Gasteiger charge is -2.46. The fourth-order valence-corrected chi connectivity index (χ4v) is 4.16. The molecule has 3 rings (SSSR count). The Morgan fingerprint density at radius 2 is 1.92 bits per heavy atom. The third kappa shape index (κ3) is 3.45. The lowest BCUT2D eigenvalue weighted by Crippen LogP contribution is -2.55. The molecule has 1 aliphatic heterocycles. The van der Waals surface area contributed by atoms with Crippen molar-refractivity contribution in [1.82, 2.24) is 9.80 Å². The summed E-state index contributed by atoms with van der Waals surface area (Å²) in [6.45, 7) is 1.03. The zero-order valence-corrected chi connectivity index (χ0v) is 14.9. The van der Waals surface area contributed by atoms with Crippen LogP contribution in [0.5, 0.6) is 0 Å². The summed E-state index contributed by atoms with van der Waals surface area (Å²) in [5, 5.41) is 8.90. The summed E-state index contributed by atoms with van der Waals surface area (Å²) < 4.78 is 27.6. The van der Waals surface area contributed by atoms with Crippen molar-refractivity contribution in [1.29, 1.82) is 0 Å². The molecule has 0 bridgehead atoms. The van der Waals surface area contributed by atoms with E-state index in [9.17, 15) is 18.4 Å². The molecule has 2 aliphatic rings. The van der Waals surface area contributed by atoms with Gasteiger partial charge in [-0.05, 0) is 38.8 Å². The SMILES string of the molecule is CN(CC(=O)O)C1CCN(C(=O)C2(c3ccc(F)cc3F)CCC2)CC1. The van der Waals surface area contributed by atoms with Gasteiger partial charge in [-0.3, -0.25) is 14.5 Å². The number of carbonyl (C=O) groups excluding carboxylic acids is 1. The number of hydrogen-bond donors (Lipinski definition) is 1. The van der Waals surface area contributed by atoms with E-state index in [1.807, 2.05) is 0 Å². The molecule has 2 fully saturated rings. The minimum Gasteiger partial charge on any atom is -0.480 e. The van der Waals surface area contributed by atoms with Crippen molar-refractivity contribution >= 4 is 11.9 Å². The molecule has 0 spiro atoms. The number of rotatable bonds is 5. The molecule has 1 N–H and O–H groups in total.